The number of hydrogen-bond acceptors (Lipinski definition) is 11. The average molecular weight is 659 g/mol. The molecular formula is C31H26N6O7S2. The lowest BCUT2D eigenvalue weighted by Crippen LogP contribution is -2.44. The normalized spacial score (nSPS) is 13.0. The topological polar surface area (TPSA) is 174 Å². The van der Waals surface area contributed by atoms with Crippen molar-refractivity contribution in [1.29, 1.82) is 0 Å². The van der Waals surface area contributed by atoms with Crippen LogP contribution in [0.25, 0.3) is 21.3 Å². The number of hydrazine groups is 2. The molecular weight excluding hydrogens is 633 g/mol. The van der Waals surface area contributed by atoms with E-state index in [1.165, 1.54) is 30.6 Å². The molecule has 5 aromatic rings. The number of nitrogens with zero attached hydrogens (tertiary/aromatic N) is 4. The van der Waals surface area contributed by atoms with E-state index in [2.05, 4.69) is 10.7 Å². The van der Waals surface area contributed by atoms with E-state index in [1.54, 1.807) is 40.6 Å². The van der Waals surface area contributed by atoms with Crippen LogP contribution in [0.3, 0.4) is 0 Å². The fourth-order valence-electron chi connectivity index (χ4n) is 4.78. The number of benzene rings is 4. The molecule has 0 spiro atoms. The average Bonchev–Trinajstić information content (AvgIpc) is 3.69. The maximum Gasteiger partial charge on any atom is 0.335 e. The van der Waals surface area contributed by atoms with Gasteiger partial charge in [-0.15, -0.1) is 15.3 Å². The monoisotopic (exact) mass is 658 g/mol. The van der Waals surface area contributed by atoms with Gasteiger partial charge in [-0.2, -0.15) is 8.42 Å². The Hall–Kier alpha value is -5.51. The van der Waals surface area contributed by atoms with Gasteiger partial charge in [0.05, 0.1) is 28.6 Å². The number of carboxylic acids is 1. The number of para-hydroxylation sites is 1. The number of thiazole rings is 1. The molecule has 46 heavy (non-hydrogen) atoms. The second-order valence-corrected chi connectivity index (χ2v) is 12.6. The first-order valence-corrected chi connectivity index (χ1v) is 16.2. The van der Waals surface area contributed by atoms with Crippen LogP contribution in [-0.2, 0) is 10.1 Å². The standard InChI is InChI=1S/C31H26N6O7S2/c1-44-26-18-21(30(39)40)14-15-25(26)36-34-28(35-37(36)31-33-24-8-4-5-9-27(24)45-31)20-12-10-19(11-13-20)22-6-2-3-7-23(22)29(38)32-16-17-46(41,42)43/h2-15,18H,16-17H2,1H3,(H,32,38)(H,34,35)(H,39,40)(H,41,42,43). The van der Waals surface area contributed by atoms with Crippen LogP contribution in [-0.4, -0.2) is 60.2 Å². The van der Waals surface area contributed by atoms with Crippen LogP contribution in [0.1, 0.15) is 26.3 Å². The lowest BCUT2D eigenvalue weighted by molar-refractivity contribution is 0.0696. The first-order valence-electron chi connectivity index (χ1n) is 13.8. The Labute approximate surface area is 267 Å². The third-order valence-electron chi connectivity index (χ3n) is 6.99. The molecule has 1 aliphatic heterocycles. The number of amidine groups is 1. The highest BCUT2D eigenvalue weighted by Gasteiger charge is 2.31. The first kappa shape index (κ1) is 30.5. The molecule has 0 atom stereocenters. The zero-order chi connectivity index (χ0) is 32.4. The van der Waals surface area contributed by atoms with Gasteiger partial charge in [-0.05, 0) is 47.5 Å². The van der Waals surface area contributed by atoms with E-state index >= 15 is 0 Å². The van der Waals surface area contributed by atoms with Crippen LogP contribution in [0.15, 0.2) is 96.1 Å². The maximum absolute atomic E-state index is 12.8. The van der Waals surface area contributed by atoms with Crippen LogP contribution < -0.4 is 25.7 Å². The molecule has 1 aliphatic rings. The Bertz CT molecular complexity index is 2070. The van der Waals surface area contributed by atoms with Crippen LogP contribution in [0.4, 0.5) is 10.8 Å². The van der Waals surface area contributed by atoms with Gasteiger partial charge >= 0.3 is 5.97 Å². The highest BCUT2D eigenvalue weighted by atomic mass is 32.2. The van der Waals surface area contributed by atoms with Crippen molar-refractivity contribution < 1.29 is 32.4 Å². The van der Waals surface area contributed by atoms with Crippen LogP contribution in [0.5, 0.6) is 5.75 Å². The molecule has 0 fully saturated rings. The number of aromatic carboxylic acids is 1. The predicted octanol–water partition coefficient (Wildman–Crippen LogP) is 4.40. The number of fused-ring (bicyclic) bond motifs is 1. The van der Waals surface area contributed by atoms with E-state index in [1.807, 2.05) is 48.5 Å². The second kappa shape index (κ2) is 12.5. The zero-order valence-electron chi connectivity index (χ0n) is 24.1. The number of hydrogen-bond donors (Lipinski definition) is 4. The van der Waals surface area contributed by atoms with Crippen molar-refractivity contribution >= 4 is 60.2 Å². The molecule has 6 rings (SSSR count). The largest absolute Gasteiger partial charge is 0.494 e. The van der Waals surface area contributed by atoms with Crippen LogP contribution in [0, 0.1) is 0 Å². The van der Waals surface area contributed by atoms with Crippen LogP contribution >= 0.6 is 11.3 Å². The predicted molar refractivity (Wildman–Crippen MR) is 175 cm³/mol. The first-order chi connectivity index (χ1) is 22.1. The number of aromatic nitrogens is 1. The molecule has 15 heteroatoms. The van der Waals surface area contributed by atoms with Crippen molar-refractivity contribution in [2.24, 2.45) is 5.10 Å². The number of carboxylic acid groups (broad SMARTS) is 1. The summed E-state index contributed by atoms with van der Waals surface area (Å²) in [7, 11) is -2.76. The summed E-state index contributed by atoms with van der Waals surface area (Å²) in [6.07, 6.45) is 0. The van der Waals surface area contributed by atoms with Crippen molar-refractivity contribution in [3.63, 3.8) is 0 Å². The van der Waals surface area contributed by atoms with Crippen molar-refractivity contribution in [3.05, 3.63) is 108 Å². The SMILES string of the molecule is COc1cc(C(=O)O)ccc1N1N=C(c2ccc(-c3ccccc3C(=O)NCCS(=O)(=O)O)cc2)NN1c1nc2ccccc2s1. The molecule has 0 aliphatic carbocycles. The van der Waals surface area contributed by atoms with Gasteiger partial charge in [0.25, 0.3) is 16.0 Å². The minimum Gasteiger partial charge on any atom is -0.494 e. The number of amides is 1. The molecule has 4 N–H and O–H groups in total. The third kappa shape index (κ3) is 6.32. The number of carbonyl (C=O) groups is 2. The number of anilines is 2. The Morgan fingerprint density at radius 3 is 2.41 bits per heavy atom. The quantitative estimate of drug-likeness (QED) is 0.157. The van der Waals surface area contributed by atoms with Gasteiger partial charge in [0, 0.05) is 17.7 Å². The summed E-state index contributed by atoms with van der Waals surface area (Å²) in [6.45, 7) is -0.234. The highest BCUT2D eigenvalue weighted by Crippen LogP contribution is 2.37. The molecule has 1 aromatic heterocycles. The van der Waals surface area contributed by atoms with Gasteiger partial charge in [-0.3, -0.25) is 14.8 Å². The maximum atomic E-state index is 12.8. The summed E-state index contributed by atoms with van der Waals surface area (Å²) in [6, 6.07) is 26.4. The van der Waals surface area contributed by atoms with E-state index in [0.717, 1.165) is 15.8 Å². The number of carbonyl (C=O) groups excluding carboxylic acids is 1. The summed E-state index contributed by atoms with van der Waals surface area (Å²) < 4.78 is 37.6. The molecule has 1 amide bonds. The van der Waals surface area contributed by atoms with Crippen molar-refractivity contribution in [1.82, 2.24) is 15.7 Å². The Balaban J connectivity index is 1.33. The minimum absolute atomic E-state index is 0.0616. The lowest BCUT2D eigenvalue weighted by atomic mass is 9.98. The van der Waals surface area contributed by atoms with E-state index in [4.69, 9.17) is 19.4 Å². The van der Waals surface area contributed by atoms with E-state index < -0.39 is 27.7 Å². The summed E-state index contributed by atoms with van der Waals surface area (Å²) in [5.41, 5.74) is 7.03. The van der Waals surface area contributed by atoms with Gasteiger partial charge in [0.1, 0.15) is 11.4 Å². The summed E-state index contributed by atoms with van der Waals surface area (Å²) in [4.78, 5) is 29.2. The van der Waals surface area contributed by atoms with E-state index in [9.17, 15) is 23.1 Å². The molecule has 4 aromatic carbocycles. The minimum atomic E-state index is -4.21. The smallest absolute Gasteiger partial charge is 0.335 e. The van der Waals surface area contributed by atoms with Gasteiger partial charge in [0.2, 0.25) is 5.13 Å². The molecule has 2 heterocycles. The van der Waals surface area contributed by atoms with Crippen molar-refractivity contribution in [3.8, 4) is 16.9 Å². The molecule has 0 radical (unpaired) electrons. The van der Waals surface area contributed by atoms with Gasteiger partial charge in [-0.25, -0.2) is 9.78 Å². The fourth-order valence-corrected chi connectivity index (χ4v) is 6.05. The Morgan fingerprint density at radius 1 is 0.978 bits per heavy atom. The molecule has 234 valence electrons. The second-order valence-electron chi connectivity index (χ2n) is 9.98. The van der Waals surface area contributed by atoms with Gasteiger partial charge in [-0.1, -0.05) is 65.9 Å². The summed E-state index contributed by atoms with van der Waals surface area (Å²) >= 11 is 1.44. The molecule has 0 saturated carbocycles. The number of hydrazone groups is 1. The van der Waals surface area contributed by atoms with Gasteiger partial charge in [0.15, 0.2) is 5.84 Å². The van der Waals surface area contributed by atoms with Crippen molar-refractivity contribution in [2.75, 3.05) is 29.6 Å². The van der Waals surface area contributed by atoms with E-state index in [0.29, 0.717) is 39.1 Å². The summed E-state index contributed by atoms with van der Waals surface area (Å²) in [5, 5.41) is 20.6. The fraction of sp³-hybridized carbons (Fsp3) is 0.0968. The number of nitrogens with one attached hydrogen (secondary N) is 2. The molecule has 0 bridgehead atoms. The zero-order valence-corrected chi connectivity index (χ0v) is 25.7. The van der Waals surface area contributed by atoms with Crippen LogP contribution in [0.2, 0.25) is 0 Å². The number of methoxy groups -OCH3 is 1. The Kier molecular flexibility index (Phi) is 8.27. The molecule has 0 saturated heterocycles. The number of rotatable bonds is 10. The van der Waals surface area contributed by atoms with Crippen molar-refractivity contribution in [2.45, 2.75) is 0 Å². The highest BCUT2D eigenvalue weighted by molar-refractivity contribution is 7.85. The number of ether oxygens (including phenoxy) is 1. The van der Waals surface area contributed by atoms with Gasteiger partial charge < -0.3 is 15.2 Å². The summed E-state index contributed by atoms with van der Waals surface area (Å²) in [5.74, 6) is -1.40. The molecule has 13 nitrogen and oxygen atoms in total. The lowest BCUT2D eigenvalue weighted by Gasteiger charge is -2.26. The third-order valence-corrected chi connectivity index (χ3v) is 8.72. The van der Waals surface area contributed by atoms with E-state index in [-0.39, 0.29) is 12.1 Å². The Morgan fingerprint density at radius 2 is 1.70 bits per heavy atom. The molecule has 0 unspecified atom stereocenters.